The summed E-state index contributed by atoms with van der Waals surface area (Å²) in [5.41, 5.74) is 2.62. The minimum atomic E-state index is -0.350. The summed E-state index contributed by atoms with van der Waals surface area (Å²) in [4.78, 5) is 17.1. The lowest BCUT2D eigenvalue weighted by Gasteiger charge is -2.20. The Balaban J connectivity index is 1.60. The summed E-state index contributed by atoms with van der Waals surface area (Å²) in [7, 11) is 1.84. The second-order valence-electron chi connectivity index (χ2n) is 8.42. The van der Waals surface area contributed by atoms with Crippen LogP contribution in [-0.2, 0) is 13.5 Å². The lowest BCUT2D eigenvalue weighted by molar-refractivity contribution is 0.0919. The molecule has 0 aliphatic heterocycles. The maximum Gasteiger partial charge on any atom is 0.253 e. The van der Waals surface area contributed by atoms with Crippen LogP contribution in [0.3, 0.4) is 0 Å². The third kappa shape index (κ3) is 4.43. The molecule has 2 aromatic heterocycles. The number of rotatable bonds is 4. The van der Waals surface area contributed by atoms with E-state index in [1.165, 1.54) is 0 Å². The highest BCUT2D eigenvalue weighted by Gasteiger charge is 2.19. The van der Waals surface area contributed by atoms with Gasteiger partial charge in [-0.2, -0.15) is 10.2 Å². The second kappa shape index (κ2) is 7.98. The predicted octanol–water partition coefficient (Wildman–Crippen LogP) is 4.78. The third-order valence-corrected chi connectivity index (χ3v) is 5.56. The number of aromatic nitrogens is 5. The van der Waals surface area contributed by atoms with Gasteiger partial charge in [0.15, 0.2) is 5.82 Å². The zero-order chi connectivity index (χ0) is 22.3. The number of fused-ring (bicyclic) bond motifs is 1. The molecule has 31 heavy (non-hydrogen) atoms. The van der Waals surface area contributed by atoms with Crippen LogP contribution in [0, 0.1) is 0 Å². The Labute approximate surface area is 189 Å². The van der Waals surface area contributed by atoms with Gasteiger partial charge in [0.1, 0.15) is 5.82 Å². The summed E-state index contributed by atoms with van der Waals surface area (Å²) in [6, 6.07) is 9.10. The van der Waals surface area contributed by atoms with Crippen molar-refractivity contribution in [2.24, 2.45) is 7.05 Å². The Bertz CT molecular complexity index is 1290. The average molecular weight is 457 g/mol. The molecule has 4 aromatic rings. The van der Waals surface area contributed by atoms with Crippen molar-refractivity contribution in [2.75, 3.05) is 0 Å². The van der Waals surface area contributed by atoms with Gasteiger partial charge in [-0.05, 0) is 44.5 Å². The highest BCUT2D eigenvalue weighted by atomic mass is 35.5. The van der Waals surface area contributed by atoms with Gasteiger partial charge in [0.05, 0.1) is 27.3 Å². The zero-order valence-electron chi connectivity index (χ0n) is 17.6. The van der Waals surface area contributed by atoms with Crippen molar-refractivity contribution in [3.05, 3.63) is 63.5 Å². The lowest BCUT2D eigenvalue weighted by Crippen LogP contribution is -2.40. The molecule has 0 spiro atoms. The van der Waals surface area contributed by atoms with E-state index in [4.69, 9.17) is 23.2 Å². The first-order valence-electron chi connectivity index (χ1n) is 9.75. The van der Waals surface area contributed by atoms with Gasteiger partial charge in [-0.25, -0.2) is 4.98 Å². The number of carbonyl (C=O) groups is 1. The Morgan fingerprint density at radius 1 is 1.19 bits per heavy atom. The monoisotopic (exact) mass is 456 g/mol. The van der Waals surface area contributed by atoms with Crippen LogP contribution >= 0.6 is 23.2 Å². The van der Waals surface area contributed by atoms with Gasteiger partial charge >= 0.3 is 0 Å². The molecule has 0 atom stereocenters. The van der Waals surface area contributed by atoms with Crippen LogP contribution in [0.5, 0.6) is 0 Å². The first kappa shape index (κ1) is 21.3. The maximum absolute atomic E-state index is 12.4. The number of nitrogens with one attached hydrogen (secondary N) is 2. The van der Waals surface area contributed by atoms with Crippen molar-refractivity contribution in [3.63, 3.8) is 0 Å². The molecule has 2 aromatic carbocycles. The van der Waals surface area contributed by atoms with Crippen LogP contribution in [-0.4, -0.2) is 36.4 Å². The SMILES string of the molecule is Cn1nc(-c2ccc(C(=O)NC(C)(C)C)c(Cl)c2)nc1Cc1ccc2[nH]ncc2c1Cl. The molecule has 4 rings (SSSR count). The fourth-order valence-electron chi connectivity index (χ4n) is 3.27. The molecule has 0 aliphatic rings. The predicted molar refractivity (Wildman–Crippen MR) is 123 cm³/mol. The van der Waals surface area contributed by atoms with Gasteiger partial charge in [0.2, 0.25) is 0 Å². The number of hydrogen-bond donors (Lipinski definition) is 2. The van der Waals surface area contributed by atoms with Crippen LogP contribution in [0.1, 0.15) is 42.5 Å². The van der Waals surface area contributed by atoms with Crippen molar-refractivity contribution < 1.29 is 4.79 Å². The summed E-state index contributed by atoms with van der Waals surface area (Å²) >= 11 is 12.9. The largest absolute Gasteiger partial charge is 0.347 e. The molecule has 1 amide bonds. The molecule has 0 bridgehead atoms. The first-order chi connectivity index (χ1) is 14.6. The molecular weight excluding hydrogens is 435 g/mol. The van der Waals surface area contributed by atoms with Crippen molar-refractivity contribution in [1.29, 1.82) is 0 Å². The van der Waals surface area contributed by atoms with Gasteiger partial charge in [0.25, 0.3) is 5.91 Å². The molecule has 0 fully saturated rings. The number of carbonyl (C=O) groups excluding carboxylic acids is 1. The van der Waals surface area contributed by atoms with Crippen molar-refractivity contribution >= 4 is 40.0 Å². The van der Waals surface area contributed by atoms with Gasteiger partial charge in [0, 0.05) is 30.0 Å². The molecule has 0 aliphatic carbocycles. The van der Waals surface area contributed by atoms with E-state index < -0.39 is 0 Å². The van der Waals surface area contributed by atoms with E-state index in [1.54, 1.807) is 29.1 Å². The van der Waals surface area contributed by atoms with Crippen molar-refractivity contribution in [3.8, 4) is 11.4 Å². The maximum atomic E-state index is 12.4. The standard InChI is InChI=1S/C22H22Cl2N6O/c1-22(2,3)27-21(31)14-7-5-13(9-16(14)23)20-26-18(30(4)29-20)10-12-6-8-17-15(19(12)24)11-25-28-17/h5-9,11H,10H2,1-4H3,(H,25,28)(H,27,31). The Morgan fingerprint density at radius 2 is 1.97 bits per heavy atom. The van der Waals surface area contributed by atoms with E-state index in [0.29, 0.717) is 27.9 Å². The summed E-state index contributed by atoms with van der Waals surface area (Å²) in [6.45, 7) is 5.76. The number of nitrogens with zero attached hydrogens (tertiary/aromatic N) is 4. The third-order valence-electron chi connectivity index (χ3n) is 4.80. The van der Waals surface area contributed by atoms with Crippen LogP contribution < -0.4 is 5.32 Å². The van der Waals surface area contributed by atoms with Crippen LogP contribution in [0.25, 0.3) is 22.3 Å². The highest BCUT2D eigenvalue weighted by molar-refractivity contribution is 6.36. The summed E-state index contributed by atoms with van der Waals surface area (Å²) in [6.07, 6.45) is 2.23. The molecule has 0 radical (unpaired) electrons. The molecule has 0 saturated heterocycles. The fraction of sp³-hybridized carbons (Fsp3) is 0.273. The summed E-state index contributed by atoms with van der Waals surface area (Å²) in [5.74, 6) is 1.07. The highest BCUT2D eigenvalue weighted by Crippen LogP contribution is 2.28. The summed E-state index contributed by atoms with van der Waals surface area (Å²) < 4.78 is 1.72. The second-order valence-corrected chi connectivity index (χ2v) is 9.21. The van der Waals surface area contributed by atoms with Gasteiger partial charge in [-0.15, -0.1) is 0 Å². The first-order valence-corrected chi connectivity index (χ1v) is 10.5. The van der Waals surface area contributed by atoms with E-state index in [0.717, 1.165) is 27.9 Å². The zero-order valence-corrected chi connectivity index (χ0v) is 19.1. The minimum Gasteiger partial charge on any atom is -0.347 e. The van der Waals surface area contributed by atoms with Gasteiger partial charge < -0.3 is 5.32 Å². The van der Waals surface area contributed by atoms with Crippen LogP contribution in [0.4, 0.5) is 0 Å². The average Bonchev–Trinajstić information content (AvgIpc) is 3.30. The van der Waals surface area contributed by atoms with Crippen LogP contribution in [0.2, 0.25) is 10.0 Å². The molecular formula is C22H22Cl2N6O. The fourth-order valence-corrected chi connectivity index (χ4v) is 3.82. The number of hydrogen-bond acceptors (Lipinski definition) is 4. The normalized spacial score (nSPS) is 11.8. The number of H-pyrrole nitrogens is 1. The van der Waals surface area contributed by atoms with E-state index in [2.05, 4.69) is 25.6 Å². The molecule has 9 heteroatoms. The molecule has 7 nitrogen and oxygen atoms in total. The number of amides is 1. The smallest absolute Gasteiger partial charge is 0.253 e. The Hall–Kier alpha value is -2.90. The number of aromatic amines is 1. The topological polar surface area (TPSA) is 88.5 Å². The number of halogens is 2. The minimum absolute atomic E-state index is 0.219. The number of benzene rings is 2. The van der Waals surface area contributed by atoms with E-state index in [-0.39, 0.29) is 11.4 Å². The number of aryl methyl sites for hydroxylation is 1. The van der Waals surface area contributed by atoms with Crippen molar-refractivity contribution in [1.82, 2.24) is 30.3 Å². The molecule has 2 N–H and O–H groups in total. The van der Waals surface area contributed by atoms with E-state index >= 15 is 0 Å². The summed E-state index contributed by atoms with van der Waals surface area (Å²) in [5, 5.41) is 16.2. The Morgan fingerprint density at radius 3 is 2.68 bits per heavy atom. The molecule has 160 valence electrons. The lowest BCUT2D eigenvalue weighted by atomic mass is 10.1. The van der Waals surface area contributed by atoms with E-state index in [9.17, 15) is 4.79 Å². The molecule has 0 unspecified atom stereocenters. The van der Waals surface area contributed by atoms with Crippen LogP contribution in [0.15, 0.2) is 36.5 Å². The Kier molecular flexibility index (Phi) is 5.49. The van der Waals surface area contributed by atoms with E-state index in [1.807, 2.05) is 40.0 Å². The van der Waals surface area contributed by atoms with Gasteiger partial charge in [-0.1, -0.05) is 35.3 Å². The van der Waals surface area contributed by atoms with Gasteiger partial charge in [-0.3, -0.25) is 14.6 Å². The molecule has 0 saturated carbocycles. The molecule has 2 heterocycles. The quantitative estimate of drug-likeness (QED) is 0.462. The van der Waals surface area contributed by atoms with Crippen molar-refractivity contribution in [2.45, 2.75) is 32.7 Å².